The van der Waals surface area contributed by atoms with Crippen molar-refractivity contribution >= 4 is 22.8 Å². The molecule has 1 heterocycles. The Morgan fingerprint density at radius 2 is 1.30 bits per heavy atom. The van der Waals surface area contributed by atoms with Crippen LogP contribution in [0.1, 0.15) is 12.8 Å². The molecule has 0 fully saturated rings. The van der Waals surface area contributed by atoms with E-state index in [1.54, 1.807) is 11.8 Å². The van der Waals surface area contributed by atoms with Crippen LogP contribution in [0.15, 0.2) is 84.9 Å². The first kappa shape index (κ1) is 20.3. The zero-order chi connectivity index (χ0) is 20.7. The average molecular weight is 420 g/mol. The molecule has 5 nitrogen and oxygen atoms in total. The molecular weight excluding hydrogens is 394 g/mol. The van der Waals surface area contributed by atoms with Crippen LogP contribution in [0, 0.1) is 0 Å². The van der Waals surface area contributed by atoms with Crippen molar-refractivity contribution in [3.05, 3.63) is 84.9 Å². The number of fused-ring (bicyclic) bond motifs is 1. The smallest absolute Gasteiger partial charge is 0.119 e. The Kier molecular flexibility index (Phi) is 6.54. The summed E-state index contributed by atoms with van der Waals surface area (Å²) in [5, 5.41) is 8.91. The highest BCUT2D eigenvalue weighted by Gasteiger charge is 2.34. The Bertz CT molecular complexity index is 1010. The molecule has 0 N–H and O–H groups in total. The summed E-state index contributed by atoms with van der Waals surface area (Å²) in [6.07, 6.45) is 3.66. The van der Waals surface area contributed by atoms with E-state index >= 15 is 0 Å². The lowest BCUT2D eigenvalue weighted by atomic mass is 10.1. The van der Waals surface area contributed by atoms with E-state index in [0.717, 1.165) is 35.4 Å². The Labute approximate surface area is 181 Å². The third kappa shape index (κ3) is 4.60. The second-order valence-electron chi connectivity index (χ2n) is 6.96. The molecule has 0 amide bonds. The van der Waals surface area contributed by atoms with Crippen molar-refractivity contribution in [2.24, 2.45) is 0 Å². The number of hydrogen-bond donors (Lipinski definition) is 0. The van der Waals surface area contributed by atoms with Crippen molar-refractivity contribution in [1.82, 2.24) is 15.0 Å². The van der Waals surface area contributed by atoms with Crippen molar-refractivity contribution < 1.29 is 9.47 Å². The first-order valence-corrected chi connectivity index (χ1v) is 11.2. The largest absolute Gasteiger partial charge is 0.493 e. The average Bonchev–Trinajstić information content (AvgIpc) is 3.24. The number of benzene rings is 3. The molecule has 0 radical (unpaired) electrons. The topological polar surface area (TPSA) is 49.2 Å². The fraction of sp³-hybridized carbons (Fsp3) is 0.250. The van der Waals surface area contributed by atoms with Crippen LogP contribution in [0.25, 0.3) is 11.0 Å². The van der Waals surface area contributed by atoms with E-state index in [1.807, 2.05) is 83.5 Å². The number of aromatic nitrogens is 3. The van der Waals surface area contributed by atoms with Gasteiger partial charge in [0.2, 0.25) is 0 Å². The number of thioether (sulfide) groups is 1. The summed E-state index contributed by atoms with van der Waals surface area (Å²) in [5.41, 5.74) is 1.91. The van der Waals surface area contributed by atoms with E-state index in [4.69, 9.17) is 9.47 Å². The van der Waals surface area contributed by atoms with Crippen molar-refractivity contribution in [2.45, 2.75) is 17.7 Å². The molecule has 154 valence electrons. The number of nitrogens with zero attached hydrogens (tertiary/aromatic N) is 3. The predicted octanol–water partition coefficient (Wildman–Crippen LogP) is 5.39. The Morgan fingerprint density at radius 3 is 1.87 bits per heavy atom. The van der Waals surface area contributed by atoms with Crippen LogP contribution < -0.4 is 9.47 Å². The van der Waals surface area contributed by atoms with Gasteiger partial charge in [0.1, 0.15) is 21.9 Å². The van der Waals surface area contributed by atoms with E-state index in [1.165, 1.54) is 0 Å². The van der Waals surface area contributed by atoms with Crippen LogP contribution in [0.4, 0.5) is 0 Å². The van der Waals surface area contributed by atoms with Gasteiger partial charge >= 0.3 is 0 Å². The van der Waals surface area contributed by atoms with Gasteiger partial charge in [0.15, 0.2) is 0 Å². The van der Waals surface area contributed by atoms with Gasteiger partial charge in [0.25, 0.3) is 0 Å². The van der Waals surface area contributed by atoms with Crippen LogP contribution in [-0.2, 0) is 4.87 Å². The van der Waals surface area contributed by atoms with Gasteiger partial charge in [-0.05, 0) is 42.7 Å². The molecule has 0 bridgehead atoms. The predicted molar refractivity (Wildman–Crippen MR) is 122 cm³/mol. The normalized spacial score (nSPS) is 11.5. The summed E-state index contributed by atoms with van der Waals surface area (Å²) in [6, 6.07) is 27.9. The molecule has 3 aromatic carbocycles. The molecule has 0 aliphatic rings. The SMILES string of the molecule is CSC(CCOc1ccccc1)(CCOc1ccccc1)n1nnc2ccccc21. The highest BCUT2D eigenvalue weighted by Crippen LogP contribution is 2.38. The molecule has 4 rings (SSSR count). The molecule has 0 aliphatic heterocycles. The summed E-state index contributed by atoms with van der Waals surface area (Å²) in [6.45, 7) is 1.15. The van der Waals surface area contributed by atoms with Gasteiger partial charge in [0, 0.05) is 12.8 Å². The molecule has 30 heavy (non-hydrogen) atoms. The third-order valence-corrected chi connectivity index (χ3v) is 6.47. The van der Waals surface area contributed by atoms with Gasteiger partial charge in [-0.1, -0.05) is 53.7 Å². The summed E-state index contributed by atoms with van der Waals surface area (Å²) in [5.74, 6) is 1.74. The quantitative estimate of drug-likeness (QED) is 0.345. The third-order valence-electron chi connectivity index (χ3n) is 5.13. The Morgan fingerprint density at radius 1 is 0.767 bits per heavy atom. The number of rotatable bonds is 10. The number of hydrogen-bond acceptors (Lipinski definition) is 5. The molecule has 6 heteroatoms. The minimum atomic E-state index is -0.334. The first-order valence-electron chi connectivity index (χ1n) is 10.0. The molecule has 4 aromatic rings. The Balaban J connectivity index is 1.55. The van der Waals surface area contributed by atoms with E-state index < -0.39 is 0 Å². The van der Waals surface area contributed by atoms with Gasteiger partial charge in [0.05, 0.1) is 18.7 Å². The molecule has 0 saturated carbocycles. The fourth-order valence-electron chi connectivity index (χ4n) is 3.49. The number of ether oxygens (including phenoxy) is 2. The van der Waals surface area contributed by atoms with Crippen molar-refractivity contribution in [1.29, 1.82) is 0 Å². The lowest BCUT2D eigenvalue weighted by Crippen LogP contribution is -2.35. The van der Waals surface area contributed by atoms with E-state index in [0.29, 0.717) is 13.2 Å². The molecular formula is C24H25N3O2S. The summed E-state index contributed by atoms with van der Waals surface area (Å²) < 4.78 is 14.1. The monoisotopic (exact) mass is 419 g/mol. The van der Waals surface area contributed by atoms with Gasteiger partial charge in [-0.2, -0.15) is 0 Å². The van der Waals surface area contributed by atoms with E-state index in [2.05, 4.69) is 22.6 Å². The Hall–Kier alpha value is -2.99. The highest BCUT2D eigenvalue weighted by atomic mass is 32.2. The van der Waals surface area contributed by atoms with Crippen molar-refractivity contribution in [2.75, 3.05) is 19.5 Å². The van der Waals surface area contributed by atoms with Crippen LogP contribution >= 0.6 is 11.8 Å². The maximum Gasteiger partial charge on any atom is 0.119 e. The molecule has 1 aromatic heterocycles. The van der Waals surface area contributed by atoms with Gasteiger partial charge in [-0.25, -0.2) is 4.68 Å². The van der Waals surface area contributed by atoms with Gasteiger partial charge in [-0.15, -0.1) is 16.9 Å². The zero-order valence-electron chi connectivity index (χ0n) is 17.0. The maximum atomic E-state index is 6.02. The minimum Gasteiger partial charge on any atom is -0.493 e. The summed E-state index contributed by atoms with van der Waals surface area (Å²) in [7, 11) is 0. The van der Waals surface area contributed by atoms with Gasteiger partial charge in [-0.3, -0.25) is 0 Å². The minimum absolute atomic E-state index is 0.334. The molecule has 0 saturated heterocycles. The van der Waals surface area contributed by atoms with E-state index in [9.17, 15) is 0 Å². The van der Waals surface area contributed by atoms with Crippen LogP contribution in [-0.4, -0.2) is 34.5 Å². The van der Waals surface area contributed by atoms with Crippen LogP contribution in [0.5, 0.6) is 11.5 Å². The first-order chi connectivity index (χ1) is 14.8. The van der Waals surface area contributed by atoms with E-state index in [-0.39, 0.29) is 4.87 Å². The standard InChI is InChI=1S/C24H25N3O2S/c1-30-24(16-18-28-20-10-4-2-5-11-20,17-19-29-21-12-6-3-7-13-21)27-23-15-9-8-14-22(23)25-26-27/h2-15H,16-19H2,1H3. The maximum absolute atomic E-state index is 6.02. The molecule has 0 unspecified atom stereocenters. The summed E-state index contributed by atoms with van der Waals surface area (Å²) >= 11 is 1.76. The van der Waals surface area contributed by atoms with Crippen LogP contribution in [0.3, 0.4) is 0 Å². The molecule has 0 atom stereocenters. The second kappa shape index (κ2) is 9.67. The van der Waals surface area contributed by atoms with Crippen LogP contribution in [0.2, 0.25) is 0 Å². The number of para-hydroxylation sites is 3. The van der Waals surface area contributed by atoms with Crippen molar-refractivity contribution in [3.8, 4) is 11.5 Å². The lowest BCUT2D eigenvalue weighted by molar-refractivity contribution is 0.211. The molecule has 0 spiro atoms. The molecule has 0 aliphatic carbocycles. The zero-order valence-corrected chi connectivity index (χ0v) is 17.8. The van der Waals surface area contributed by atoms with Crippen molar-refractivity contribution in [3.63, 3.8) is 0 Å². The fourth-order valence-corrected chi connectivity index (χ4v) is 4.37. The van der Waals surface area contributed by atoms with Gasteiger partial charge < -0.3 is 9.47 Å². The second-order valence-corrected chi connectivity index (χ2v) is 8.13. The lowest BCUT2D eigenvalue weighted by Gasteiger charge is -2.32. The highest BCUT2D eigenvalue weighted by molar-refractivity contribution is 7.99. The summed E-state index contributed by atoms with van der Waals surface area (Å²) in [4.78, 5) is -0.334.